The molecule has 46 heavy (non-hydrogen) atoms. The number of carbonyl (C=O) groups is 2. The molecule has 0 aliphatic heterocycles. The predicted octanol–water partition coefficient (Wildman–Crippen LogP) is 7.00. The number of hydrogen-bond donors (Lipinski definition) is 2. The standard InChI is InChI=1S/C33H25Cl2N5O4S2/c34-26-16-23(19-39(33(26)44)14-12-24-13-15-45-38-24)27-17-29(36-18-25-10-11-28(35)46-25)40(37-27)32(43)22-8-6-21(7-9-22)31(42)30(41)20-4-2-1-3-5-20/h1-11,13,15-17,19,30,36,41H,12,14,18H2. The molecule has 2 aromatic carbocycles. The molecule has 2 N–H and O–H groups in total. The zero-order valence-corrected chi connectivity index (χ0v) is 27.1. The van der Waals surface area contributed by atoms with Gasteiger partial charge in [-0.1, -0.05) is 65.7 Å². The number of aromatic nitrogens is 4. The summed E-state index contributed by atoms with van der Waals surface area (Å²) < 4.78 is 7.69. The Bertz CT molecular complexity index is 2060. The highest BCUT2D eigenvalue weighted by molar-refractivity contribution is 7.16. The number of carbonyl (C=O) groups excluding carboxylic acids is 2. The van der Waals surface area contributed by atoms with E-state index >= 15 is 0 Å². The number of nitrogens with one attached hydrogen (secondary N) is 1. The maximum Gasteiger partial charge on any atom is 0.280 e. The van der Waals surface area contributed by atoms with Crippen molar-refractivity contribution in [2.75, 3.05) is 5.32 Å². The van der Waals surface area contributed by atoms with Crippen LogP contribution in [0.15, 0.2) is 101 Å². The Kier molecular flexibility index (Phi) is 9.57. The average Bonchev–Trinajstić information content (AvgIpc) is 3.85. The van der Waals surface area contributed by atoms with E-state index in [0.29, 0.717) is 46.5 Å². The van der Waals surface area contributed by atoms with Crippen LogP contribution in [0, 0.1) is 0 Å². The Morgan fingerprint density at radius 1 is 0.957 bits per heavy atom. The highest BCUT2D eigenvalue weighted by atomic mass is 35.5. The molecule has 4 heterocycles. The molecule has 1 atom stereocenters. The van der Waals surface area contributed by atoms with Crippen LogP contribution >= 0.6 is 46.1 Å². The molecule has 0 radical (unpaired) electrons. The molecule has 0 aliphatic carbocycles. The second-order valence-electron chi connectivity index (χ2n) is 10.3. The number of aliphatic hydroxyl groups is 1. The zero-order valence-electron chi connectivity index (χ0n) is 24.0. The number of benzene rings is 2. The third-order valence-electron chi connectivity index (χ3n) is 7.19. The highest BCUT2D eigenvalue weighted by Gasteiger charge is 2.22. The fourth-order valence-electron chi connectivity index (χ4n) is 4.78. The summed E-state index contributed by atoms with van der Waals surface area (Å²) in [7, 11) is 0. The number of aliphatic hydroxyl groups excluding tert-OH is 1. The van der Waals surface area contributed by atoms with Crippen molar-refractivity contribution in [3.05, 3.63) is 143 Å². The molecule has 0 fully saturated rings. The van der Waals surface area contributed by atoms with Crippen molar-refractivity contribution >= 4 is 63.6 Å². The number of pyridine rings is 1. The van der Waals surface area contributed by atoms with Crippen LogP contribution in [0.4, 0.5) is 5.82 Å². The summed E-state index contributed by atoms with van der Waals surface area (Å²) in [6.07, 6.45) is 0.890. The summed E-state index contributed by atoms with van der Waals surface area (Å²) in [6.45, 7) is 0.749. The number of halogens is 2. The second-order valence-corrected chi connectivity index (χ2v) is 13.1. The van der Waals surface area contributed by atoms with Crippen molar-refractivity contribution in [2.24, 2.45) is 0 Å². The fraction of sp³-hybridized carbons (Fsp3) is 0.121. The van der Waals surface area contributed by atoms with E-state index in [0.717, 1.165) is 10.6 Å². The Morgan fingerprint density at radius 2 is 1.72 bits per heavy atom. The van der Waals surface area contributed by atoms with Crippen molar-refractivity contribution in [2.45, 2.75) is 25.6 Å². The number of anilines is 1. The quantitative estimate of drug-likeness (QED) is 0.141. The summed E-state index contributed by atoms with van der Waals surface area (Å²) >= 11 is 15.2. The molecular weight excluding hydrogens is 665 g/mol. The van der Waals surface area contributed by atoms with Crippen LogP contribution in [0.25, 0.3) is 11.3 Å². The van der Waals surface area contributed by atoms with Gasteiger partial charge in [-0.3, -0.25) is 14.4 Å². The maximum absolute atomic E-state index is 13.8. The molecule has 1 unspecified atom stereocenters. The van der Waals surface area contributed by atoms with Gasteiger partial charge < -0.3 is 15.0 Å². The summed E-state index contributed by atoms with van der Waals surface area (Å²) in [5.41, 5.74) is 2.51. The number of Topliss-reactive ketones (excluding diaryl/α,β-unsaturated/α-hetero) is 1. The molecule has 0 saturated heterocycles. The van der Waals surface area contributed by atoms with Crippen LogP contribution in [0.2, 0.25) is 9.36 Å². The smallest absolute Gasteiger partial charge is 0.280 e. The van der Waals surface area contributed by atoms with Gasteiger partial charge in [0.25, 0.3) is 11.5 Å². The van der Waals surface area contributed by atoms with Crippen molar-refractivity contribution in [1.29, 1.82) is 0 Å². The van der Waals surface area contributed by atoms with Gasteiger partial charge in [-0.15, -0.1) is 11.3 Å². The first-order chi connectivity index (χ1) is 22.3. The van der Waals surface area contributed by atoms with E-state index in [1.807, 2.05) is 17.5 Å². The van der Waals surface area contributed by atoms with E-state index in [2.05, 4.69) is 14.8 Å². The van der Waals surface area contributed by atoms with E-state index in [4.69, 9.17) is 23.2 Å². The number of hydrogen-bond acceptors (Lipinski definition) is 9. The average molecular weight is 691 g/mol. The Balaban J connectivity index is 1.30. The fourth-order valence-corrected chi connectivity index (χ4v) is 6.60. The molecule has 0 aliphatic rings. The normalized spacial score (nSPS) is 11.8. The van der Waals surface area contributed by atoms with E-state index in [1.165, 1.54) is 62.5 Å². The van der Waals surface area contributed by atoms with Gasteiger partial charge in [-0.25, -0.2) is 0 Å². The Morgan fingerprint density at radius 3 is 2.41 bits per heavy atom. The van der Waals surface area contributed by atoms with Crippen LogP contribution in [0.5, 0.6) is 0 Å². The van der Waals surface area contributed by atoms with Crippen LogP contribution in [-0.4, -0.2) is 35.5 Å². The largest absolute Gasteiger partial charge is 0.380 e. The second kappa shape index (κ2) is 13.9. The lowest BCUT2D eigenvalue weighted by atomic mass is 9.99. The van der Waals surface area contributed by atoms with Gasteiger partial charge >= 0.3 is 0 Å². The van der Waals surface area contributed by atoms with Gasteiger partial charge in [0.05, 0.1) is 22.3 Å². The minimum Gasteiger partial charge on any atom is -0.380 e. The molecular formula is C33H25Cl2N5O4S2. The summed E-state index contributed by atoms with van der Waals surface area (Å²) in [5.74, 6) is -0.533. The number of nitrogens with zero attached hydrogens (tertiary/aromatic N) is 4. The number of rotatable bonds is 11. The molecule has 4 aromatic heterocycles. The monoisotopic (exact) mass is 689 g/mol. The summed E-state index contributed by atoms with van der Waals surface area (Å²) in [4.78, 5) is 40.5. The van der Waals surface area contributed by atoms with Crippen molar-refractivity contribution in [1.82, 2.24) is 18.7 Å². The first-order valence-corrected chi connectivity index (χ1v) is 16.5. The number of thiophene rings is 1. The minimum atomic E-state index is -1.32. The lowest BCUT2D eigenvalue weighted by Gasteiger charge is -2.11. The van der Waals surface area contributed by atoms with Crippen molar-refractivity contribution < 1.29 is 14.7 Å². The van der Waals surface area contributed by atoms with E-state index < -0.39 is 17.8 Å². The van der Waals surface area contributed by atoms with Crippen molar-refractivity contribution in [3.63, 3.8) is 0 Å². The van der Waals surface area contributed by atoms with E-state index in [1.54, 1.807) is 48.7 Å². The van der Waals surface area contributed by atoms with E-state index in [-0.39, 0.29) is 21.7 Å². The lowest BCUT2D eigenvalue weighted by Crippen LogP contribution is -2.21. The summed E-state index contributed by atoms with van der Waals surface area (Å²) in [5, 5.41) is 20.3. The van der Waals surface area contributed by atoms with Gasteiger partial charge in [0.1, 0.15) is 16.9 Å². The van der Waals surface area contributed by atoms with E-state index in [9.17, 15) is 19.5 Å². The third-order valence-corrected chi connectivity index (χ3v) is 9.29. The molecule has 232 valence electrons. The van der Waals surface area contributed by atoms with Gasteiger partial charge in [0.15, 0.2) is 5.78 Å². The first kappa shape index (κ1) is 31.6. The molecule has 0 amide bonds. The van der Waals surface area contributed by atoms with Gasteiger partial charge in [0.2, 0.25) is 0 Å². The first-order valence-electron chi connectivity index (χ1n) is 14.1. The zero-order chi connectivity index (χ0) is 32.2. The number of aryl methyl sites for hydroxylation is 2. The van der Waals surface area contributed by atoms with Crippen LogP contribution in [-0.2, 0) is 19.5 Å². The maximum atomic E-state index is 13.8. The predicted molar refractivity (Wildman–Crippen MR) is 181 cm³/mol. The van der Waals surface area contributed by atoms with Crippen LogP contribution in [0.1, 0.15) is 43.0 Å². The summed E-state index contributed by atoms with van der Waals surface area (Å²) in [6, 6.07) is 23.5. The highest BCUT2D eigenvalue weighted by Crippen LogP contribution is 2.27. The van der Waals surface area contributed by atoms with Crippen LogP contribution < -0.4 is 10.9 Å². The minimum absolute atomic E-state index is 0.0253. The SMILES string of the molecule is O=C(c1ccc(C(=O)n2nc(-c3cc(Cl)c(=O)n(CCc4ccsn4)c3)cc2NCc2ccc(Cl)s2)cc1)C(O)c1ccccc1. The molecule has 0 bridgehead atoms. The molecule has 6 aromatic rings. The van der Waals surface area contributed by atoms with Gasteiger partial charge in [-0.2, -0.15) is 14.2 Å². The van der Waals surface area contributed by atoms with Gasteiger partial charge in [0, 0.05) is 52.2 Å². The topological polar surface area (TPSA) is 119 Å². The number of ketones is 1. The van der Waals surface area contributed by atoms with Gasteiger partial charge in [-0.05, 0) is 53.5 Å². The molecule has 13 heteroatoms. The Hall–Kier alpha value is -4.39. The lowest BCUT2D eigenvalue weighted by molar-refractivity contribution is 0.0747. The molecule has 0 saturated carbocycles. The Labute approximate surface area is 281 Å². The molecule has 9 nitrogen and oxygen atoms in total. The molecule has 6 rings (SSSR count). The van der Waals surface area contributed by atoms with Crippen molar-refractivity contribution in [3.8, 4) is 11.3 Å². The third kappa shape index (κ3) is 7.04. The molecule has 0 spiro atoms. The van der Waals surface area contributed by atoms with Crippen LogP contribution in [0.3, 0.4) is 0 Å².